The van der Waals surface area contributed by atoms with E-state index in [9.17, 15) is 4.79 Å². The third-order valence-corrected chi connectivity index (χ3v) is 3.64. The Hall–Kier alpha value is -2.73. The number of nitrogens with two attached hydrogens (primary N) is 1. The lowest BCUT2D eigenvalue weighted by Crippen LogP contribution is -2.27. The highest BCUT2D eigenvalue weighted by Crippen LogP contribution is 2.27. The Kier molecular flexibility index (Phi) is 6.65. The number of carbonyl (C=O) groups is 1. The Balaban J connectivity index is 1.89. The topological polar surface area (TPSA) is 85.9 Å². The summed E-state index contributed by atoms with van der Waals surface area (Å²) in [5.74, 6) is 0.457. The number of hydrogen-bond donors (Lipinski definition) is 2. The van der Waals surface area contributed by atoms with Gasteiger partial charge in [0.25, 0.3) is 5.91 Å². The monoisotopic (exact) mass is 361 g/mol. The van der Waals surface area contributed by atoms with Crippen molar-refractivity contribution in [2.75, 3.05) is 12.4 Å². The first-order valence-corrected chi connectivity index (χ1v) is 8.04. The summed E-state index contributed by atoms with van der Waals surface area (Å²) in [4.78, 5) is 17.3. The van der Waals surface area contributed by atoms with Crippen LogP contribution in [0.25, 0.3) is 0 Å². The molecule has 2 aromatic rings. The fraction of sp³-hybridized carbons (Fsp3) is 0.222. The highest BCUT2D eigenvalue weighted by molar-refractivity contribution is 6.32. The first-order valence-electron chi connectivity index (χ1n) is 7.66. The molecular formula is C18H20ClN3O3. The minimum absolute atomic E-state index is 0.290. The van der Waals surface area contributed by atoms with Gasteiger partial charge in [0.15, 0.2) is 0 Å². The van der Waals surface area contributed by atoms with Crippen LogP contribution in [0.15, 0.2) is 53.7 Å². The van der Waals surface area contributed by atoms with Gasteiger partial charge in [-0.3, -0.25) is 4.79 Å². The molecule has 2 rings (SSSR count). The number of hydrogen-bond acceptors (Lipinski definition) is 4. The predicted molar refractivity (Wildman–Crippen MR) is 98.9 cm³/mol. The van der Waals surface area contributed by atoms with Crippen LogP contribution in [0.3, 0.4) is 0 Å². The number of oxime groups is 1. The lowest BCUT2D eigenvalue weighted by molar-refractivity contribution is -0.126. The Bertz CT molecular complexity index is 750. The number of nitrogens with zero attached hydrogens (tertiary/aromatic N) is 1. The maximum atomic E-state index is 12.1. The lowest BCUT2D eigenvalue weighted by atomic mass is 10.1. The minimum Gasteiger partial charge on any atom is -0.495 e. The average Bonchev–Trinajstić information content (AvgIpc) is 2.60. The number of amides is 1. The third-order valence-electron chi connectivity index (χ3n) is 3.34. The molecule has 0 fully saturated rings. The molecule has 0 bridgehead atoms. The van der Waals surface area contributed by atoms with Crippen LogP contribution < -0.4 is 15.8 Å². The number of benzene rings is 2. The van der Waals surface area contributed by atoms with Gasteiger partial charge in [0.1, 0.15) is 11.6 Å². The molecule has 0 saturated heterocycles. The van der Waals surface area contributed by atoms with Crippen LogP contribution >= 0.6 is 11.6 Å². The van der Waals surface area contributed by atoms with E-state index in [0.717, 1.165) is 5.56 Å². The lowest BCUT2D eigenvalue weighted by Gasteiger charge is -2.12. The van der Waals surface area contributed by atoms with Crippen molar-refractivity contribution in [1.29, 1.82) is 0 Å². The molecule has 0 aliphatic rings. The van der Waals surface area contributed by atoms with Gasteiger partial charge in [0.05, 0.1) is 12.1 Å². The summed E-state index contributed by atoms with van der Waals surface area (Å²) in [6.07, 6.45) is -0.362. The van der Waals surface area contributed by atoms with Crippen molar-refractivity contribution < 1.29 is 14.4 Å². The summed E-state index contributed by atoms with van der Waals surface area (Å²) in [5.41, 5.74) is 7.37. The first-order chi connectivity index (χ1) is 12.0. The molecule has 0 aliphatic carbocycles. The van der Waals surface area contributed by atoms with Crippen molar-refractivity contribution in [3.05, 3.63) is 59.1 Å². The van der Waals surface area contributed by atoms with Gasteiger partial charge in [-0.05, 0) is 30.7 Å². The second kappa shape index (κ2) is 8.94. The van der Waals surface area contributed by atoms with Gasteiger partial charge in [0.2, 0.25) is 6.10 Å². The molecule has 0 aliphatic heterocycles. The van der Waals surface area contributed by atoms with Crippen molar-refractivity contribution in [3.63, 3.8) is 0 Å². The summed E-state index contributed by atoms with van der Waals surface area (Å²) in [6.45, 7) is 1.58. The van der Waals surface area contributed by atoms with Crippen molar-refractivity contribution in [1.82, 2.24) is 0 Å². The molecule has 7 heteroatoms. The van der Waals surface area contributed by atoms with Gasteiger partial charge >= 0.3 is 0 Å². The molecule has 0 radical (unpaired) electrons. The molecule has 2 aromatic carbocycles. The zero-order valence-electron chi connectivity index (χ0n) is 14.0. The van der Waals surface area contributed by atoms with Crippen LogP contribution in [0.5, 0.6) is 5.75 Å². The van der Waals surface area contributed by atoms with Crippen LogP contribution in [-0.4, -0.2) is 25.0 Å². The smallest absolute Gasteiger partial charge is 0.267 e. The molecule has 0 saturated carbocycles. The zero-order valence-corrected chi connectivity index (χ0v) is 14.8. The molecule has 0 spiro atoms. The first kappa shape index (κ1) is 18.6. The largest absolute Gasteiger partial charge is 0.495 e. The van der Waals surface area contributed by atoms with Gasteiger partial charge < -0.3 is 20.6 Å². The molecule has 0 aromatic heterocycles. The minimum atomic E-state index is -0.810. The predicted octanol–water partition coefficient (Wildman–Crippen LogP) is 3.21. The summed E-state index contributed by atoms with van der Waals surface area (Å²) in [6, 6.07) is 14.6. The fourth-order valence-corrected chi connectivity index (χ4v) is 2.28. The molecule has 3 N–H and O–H groups in total. The quantitative estimate of drug-likeness (QED) is 0.450. The van der Waals surface area contributed by atoms with E-state index in [1.165, 1.54) is 7.11 Å². The molecule has 1 atom stereocenters. The van der Waals surface area contributed by atoms with E-state index in [-0.39, 0.29) is 5.91 Å². The maximum absolute atomic E-state index is 12.1. The average molecular weight is 362 g/mol. The van der Waals surface area contributed by atoms with Gasteiger partial charge in [0, 0.05) is 12.1 Å². The van der Waals surface area contributed by atoms with Crippen LogP contribution in [0, 0.1) is 0 Å². The SMILES string of the molecule is COc1ccc(NC(=O)C(C)O/N=C(/N)Cc2ccccc2)cc1Cl. The maximum Gasteiger partial charge on any atom is 0.267 e. The van der Waals surface area contributed by atoms with Crippen molar-refractivity contribution >= 4 is 29.0 Å². The Morgan fingerprint density at radius 3 is 2.64 bits per heavy atom. The van der Waals surface area contributed by atoms with E-state index in [0.29, 0.717) is 28.7 Å². The highest BCUT2D eigenvalue weighted by Gasteiger charge is 2.15. The molecule has 132 valence electrons. The number of anilines is 1. The normalized spacial score (nSPS) is 12.4. The highest BCUT2D eigenvalue weighted by atomic mass is 35.5. The number of halogens is 1. The third kappa shape index (κ3) is 5.69. The summed E-state index contributed by atoms with van der Waals surface area (Å²) >= 11 is 6.03. The van der Waals surface area contributed by atoms with Gasteiger partial charge in [-0.25, -0.2) is 0 Å². The molecule has 0 heterocycles. The van der Waals surface area contributed by atoms with Crippen LogP contribution in [0.2, 0.25) is 5.02 Å². The molecule has 1 unspecified atom stereocenters. The van der Waals surface area contributed by atoms with E-state index in [4.69, 9.17) is 26.9 Å². The van der Waals surface area contributed by atoms with Crippen molar-refractivity contribution in [2.45, 2.75) is 19.4 Å². The van der Waals surface area contributed by atoms with Gasteiger partial charge in [-0.1, -0.05) is 47.1 Å². The van der Waals surface area contributed by atoms with Crippen molar-refractivity contribution in [2.24, 2.45) is 10.9 Å². The summed E-state index contributed by atoms with van der Waals surface area (Å²) in [5, 5.41) is 6.91. The van der Waals surface area contributed by atoms with E-state index in [1.807, 2.05) is 30.3 Å². The number of carbonyl (C=O) groups excluding carboxylic acids is 1. The number of nitrogens with one attached hydrogen (secondary N) is 1. The zero-order chi connectivity index (χ0) is 18.2. The standard InChI is InChI=1S/C18H20ClN3O3/c1-12(25-22-17(20)10-13-6-4-3-5-7-13)18(23)21-14-8-9-16(24-2)15(19)11-14/h3-9,11-12H,10H2,1-2H3,(H2,20,22)(H,21,23). The second-order valence-electron chi connectivity index (χ2n) is 5.33. The van der Waals surface area contributed by atoms with Gasteiger partial charge in [-0.15, -0.1) is 0 Å². The Labute approximate surface area is 151 Å². The summed E-state index contributed by atoms with van der Waals surface area (Å²) < 4.78 is 5.07. The van der Waals surface area contributed by atoms with Gasteiger partial charge in [-0.2, -0.15) is 0 Å². The van der Waals surface area contributed by atoms with E-state index < -0.39 is 6.10 Å². The number of amidine groups is 1. The van der Waals surface area contributed by atoms with Crippen molar-refractivity contribution in [3.8, 4) is 5.75 Å². The number of rotatable bonds is 7. The van der Waals surface area contributed by atoms with E-state index in [1.54, 1.807) is 25.1 Å². The second-order valence-corrected chi connectivity index (χ2v) is 5.74. The van der Waals surface area contributed by atoms with Crippen LogP contribution in [0.4, 0.5) is 5.69 Å². The van der Waals surface area contributed by atoms with E-state index in [2.05, 4.69) is 10.5 Å². The van der Waals surface area contributed by atoms with E-state index >= 15 is 0 Å². The number of ether oxygens (including phenoxy) is 1. The molecular weight excluding hydrogens is 342 g/mol. The fourth-order valence-electron chi connectivity index (χ4n) is 2.02. The molecule has 6 nitrogen and oxygen atoms in total. The molecule has 25 heavy (non-hydrogen) atoms. The molecule has 1 amide bonds. The number of methoxy groups -OCH3 is 1. The van der Waals surface area contributed by atoms with Crippen LogP contribution in [0.1, 0.15) is 12.5 Å². The Morgan fingerprint density at radius 1 is 1.28 bits per heavy atom. The van der Waals surface area contributed by atoms with Crippen LogP contribution in [-0.2, 0) is 16.1 Å². The summed E-state index contributed by atoms with van der Waals surface area (Å²) in [7, 11) is 1.52. The Morgan fingerprint density at radius 2 is 2.00 bits per heavy atom.